The van der Waals surface area contributed by atoms with Gasteiger partial charge in [0, 0.05) is 25.4 Å². The first-order valence-electron chi connectivity index (χ1n) is 8.09. The van der Waals surface area contributed by atoms with E-state index in [-0.39, 0.29) is 5.91 Å². The molecule has 3 aromatic rings. The summed E-state index contributed by atoms with van der Waals surface area (Å²) in [6.07, 6.45) is 5.06. The van der Waals surface area contributed by atoms with Crippen molar-refractivity contribution in [2.75, 3.05) is 13.2 Å². The molecule has 2 heterocycles. The fourth-order valence-electron chi connectivity index (χ4n) is 2.45. The number of amides is 1. The lowest BCUT2D eigenvalue weighted by Gasteiger charge is -2.06. The molecule has 0 saturated carbocycles. The highest BCUT2D eigenvalue weighted by atomic mass is 16.5. The highest BCUT2D eigenvalue weighted by Gasteiger charge is 2.04. The number of rotatable bonds is 7. The standard InChI is InChI=1S/C19H21N3O2/c1-15-8-11-22-14-16(21-18(22)13-15)7-10-20-19(23)9-12-24-17-5-3-2-4-6-17/h2-6,8,11,13-14H,7,9-10,12H2,1H3,(H,20,23). The van der Waals surface area contributed by atoms with Gasteiger partial charge in [-0.05, 0) is 36.8 Å². The zero-order chi connectivity index (χ0) is 16.8. The fraction of sp³-hybridized carbons (Fsp3) is 0.263. The molecule has 0 unspecified atom stereocenters. The van der Waals surface area contributed by atoms with Gasteiger partial charge in [0.1, 0.15) is 11.4 Å². The Bertz CT molecular complexity index is 812. The summed E-state index contributed by atoms with van der Waals surface area (Å²) in [6.45, 7) is 3.00. The number of hydrogen-bond donors (Lipinski definition) is 1. The van der Waals surface area contributed by atoms with Crippen molar-refractivity contribution in [3.05, 3.63) is 66.1 Å². The van der Waals surface area contributed by atoms with E-state index in [1.54, 1.807) is 0 Å². The Hall–Kier alpha value is -2.82. The van der Waals surface area contributed by atoms with Crippen molar-refractivity contribution in [1.82, 2.24) is 14.7 Å². The van der Waals surface area contributed by atoms with Crippen LogP contribution in [0.5, 0.6) is 5.75 Å². The van der Waals surface area contributed by atoms with Crippen molar-refractivity contribution in [2.24, 2.45) is 0 Å². The van der Waals surface area contributed by atoms with Gasteiger partial charge in [-0.25, -0.2) is 4.98 Å². The van der Waals surface area contributed by atoms with Gasteiger partial charge >= 0.3 is 0 Å². The molecule has 0 fully saturated rings. The third-order valence-corrected chi connectivity index (χ3v) is 3.71. The highest BCUT2D eigenvalue weighted by molar-refractivity contribution is 5.75. The van der Waals surface area contributed by atoms with Crippen LogP contribution in [-0.2, 0) is 11.2 Å². The summed E-state index contributed by atoms with van der Waals surface area (Å²) >= 11 is 0. The molecular weight excluding hydrogens is 302 g/mol. The maximum absolute atomic E-state index is 11.8. The first-order chi connectivity index (χ1) is 11.7. The summed E-state index contributed by atoms with van der Waals surface area (Å²) < 4.78 is 7.51. The minimum Gasteiger partial charge on any atom is -0.493 e. The van der Waals surface area contributed by atoms with Crippen LogP contribution in [0.15, 0.2) is 54.9 Å². The van der Waals surface area contributed by atoms with Crippen molar-refractivity contribution in [3.63, 3.8) is 0 Å². The number of carbonyl (C=O) groups excluding carboxylic acids is 1. The number of pyridine rings is 1. The molecule has 5 heteroatoms. The monoisotopic (exact) mass is 323 g/mol. The lowest BCUT2D eigenvalue weighted by molar-refractivity contribution is -0.121. The van der Waals surface area contributed by atoms with Gasteiger partial charge in [-0.15, -0.1) is 0 Å². The molecule has 124 valence electrons. The van der Waals surface area contributed by atoms with Gasteiger partial charge in [-0.1, -0.05) is 18.2 Å². The van der Waals surface area contributed by atoms with Crippen LogP contribution in [0.1, 0.15) is 17.7 Å². The molecule has 24 heavy (non-hydrogen) atoms. The molecule has 1 N–H and O–H groups in total. The Morgan fingerprint density at radius 2 is 2.08 bits per heavy atom. The molecule has 0 bridgehead atoms. The van der Waals surface area contributed by atoms with Crippen LogP contribution in [0.2, 0.25) is 0 Å². The Morgan fingerprint density at radius 1 is 1.25 bits per heavy atom. The van der Waals surface area contributed by atoms with Crippen LogP contribution in [0.3, 0.4) is 0 Å². The van der Waals surface area contributed by atoms with E-state index in [1.165, 1.54) is 5.56 Å². The van der Waals surface area contributed by atoms with Gasteiger partial charge in [0.2, 0.25) is 5.91 Å². The fourth-order valence-corrected chi connectivity index (χ4v) is 2.45. The van der Waals surface area contributed by atoms with Crippen molar-refractivity contribution in [3.8, 4) is 5.75 Å². The van der Waals surface area contributed by atoms with Gasteiger partial charge < -0.3 is 14.5 Å². The molecule has 0 atom stereocenters. The molecule has 0 aliphatic heterocycles. The predicted octanol–water partition coefficient (Wildman–Crippen LogP) is 2.77. The van der Waals surface area contributed by atoms with Gasteiger partial charge in [-0.3, -0.25) is 4.79 Å². The summed E-state index contributed by atoms with van der Waals surface area (Å²) in [5, 5.41) is 2.90. The van der Waals surface area contributed by atoms with E-state index in [0.29, 0.717) is 26.0 Å². The van der Waals surface area contributed by atoms with Crippen LogP contribution in [0.25, 0.3) is 5.65 Å². The molecule has 0 saturated heterocycles. The second-order valence-corrected chi connectivity index (χ2v) is 5.71. The van der Waals surface area contributed by atoms with E-state index in [9.17, 15) is 4.79 Å². The number of para-hydroxylation sites is 1. The SMILES string of the molecule is Cc1ccn2cc(CCNC(=O)CCOc3ccccc3)nc2c1. The largest absolute Gasteiger partial charge is 0.493 e. The Kier molecular flexibility index (Phi) is 5.11. The van der Waals surface area contributed by atoms with E-state index >= 15 is 0 Å². The topological polar surface area (TPSA) is 55.6 Å². The van der Waals surface area contributed by atoms with Gasteiger partial charge in [-0.2, -0.15) is 0 Å². The number of nitrogens with zero attached hydrogens (tertiary/aromatic N) is 2. The summed E-state index contributed by atoms with van der Waals surface area (Å²) in [5.74, 6) is 0.774. The second kappa shape index (κ2) is 7.64. The number of benzene rings is 1. The normalized spacial score (nSPS) is 10.7. The lowest BCUT2D eigenvalue weighted by Crippen LogP contribution is -2.27. The van der Waals surface area contributed by atoms with Crippen molar-refractivity contribution in [1.29, 1.82) is 0 Å². The third kappa shape index (κ3) is 4.35. The smallest absolute Gasteiger partial charge is 0.223 e. The maximum Gasteiger partial charge on any atom is 0.223 e. The van der Waals surface area contributed by atoms with E-state index in [0.717, 1.165) is 17.1 Å². The molecule has 0 aliphatic rings. The number of carbonyl (C=O) groups is 1. The van der Waals surface area contributed by atoms with E-state index in [2.05, 4.69) is 10.3 Å². The molecule has 0 aliphatic carbocycles. The van der Waals surface area contributed by atoms with Gasteiger partial charge in [0.15, 0.2) is 0 Å². The van der Waals surface area contributed by atoms with Crippen LogP contribution in [-0.4, -0.2) is 28.4 Å². The molecule has 1 amide bonds. The molecular formula is C19H21N3O2. The summed E-state index contributed by atoms with van der Waals surface area (Å²) in [5.41, 5.74) is 3.10. The number of fused-ring (bicyclic) bond motifs is 1. The minimum absolute atomic E-state index is 0.00876. The number of aryl methyl sites for hydroxylation is 1. The van der Waals surface area contributed by atoms with E-state index in [1.807, 2.05) is 66.2 Å². The number of imidazole rings is 1. The van der Waals surface area contributed by atoms with Crippen LogP contribution < -0.4 is 10.1 Å². The molecule has 5 nitrogen and oxygen atoms in total. The maximum atomic E-state index is 11.8. The zero-order valence-corrected chi connectivity index (χ0v) is 13.7. The molecule has 0 spiro atoms. The second-order valence-electron chi connectivity index (χ2n) is 5.71. The van der Waals surface area contributed by atoms with Crippen molar-refractivity contribution in [2.45, 2.75) is 19.8 Å². The Balaban J connectivity index is 1.39. The number of nitrogens with one attached hydrogen (secondary N) is 1. The van der Waals surface area contributed by atoms with E-state index in [4.69, 9.17) is 4.74 Å². The number of ether oxygens (including phenoxy) is 1. The molecule has 3 rings (SSSR count). The lowest BCUT2D eigenvalue weighted by atomic mass is 10.3. The predicted molar refractivity (Wildman–Crippen MR) is 93.2 cm³/mol. The Morgan fingerprint density at radius 3 is 2.92 bits per heavy atom. The number of aromatic nitrogens is 2. The highest BCUT2D eigenvalue weighted by Crippen LogP contribution is 2.09. The first-order valence-corrected chi connectivity index (χ1v) is 8.09. The summed E-state index contributed by atoms with van der Waals surface area (Å²) in [4.78, 5) is 16.4. The number of hydrogen-bond acceptors (Lipinski definition) is 3. The van der Waals surface area contributed by atoms with Crippen LogP contribution >= 0.6 is 0 Å². The quantitative estimate of drug-likeness (QED) is 0.727. The third-order valence-electron chi connectivity index (χ3n) is 3.71. The van der Waals surface area contributed by atoms with Gasteiger partial charge in [0.25, 0.3) is 0 Å². The Labute approximate surface area is 141 Å². The minimum atomic E-state index is -0.00876. The van der Waals surface area contributed by atoms with E-state index < -0.39 is 0 Å². The van der Waals surface area contributed by atoms with Crippen LogP contribution in [0, 0.1) is 6.92 Å². The average Bonchev–Trinajstić information content (AvgIpc) is 2.97. The molecule has 0 radical (unpaired) electrons. The zero-order valence-electron chi connectivity index (χ0n) is 13.7. The van der Waals surface area contributed by atoms with Crippen LogP contribution in [0.4, 0.5) is 0 Å². The molecule has 2 aromatic heterocycles. The summed E-state index contributed by atoms with van der Waals surface area (Å²) in [7, 11) is 0. The first kappa shape index (κ1) is 16.1. The van der Waals surface area contributed by atoms with Crippen molar-refractivity contribution >= 4 is 11.6 Å². The average molecular weight is 323 g/mol. The molecule has 1 aromatic carbocycles. The van der Waals surface area contributed by atoms with Gasteiger partial charge in [0.05, 0.1) is 18.7 Å². The summed E-state index contributed by atoms with van der Waals surface area (Å²) in [6, 6.07) is 13.6. The van der Waals surface area contributed by atoms with Crippen molar-refractivity contribution < 1.29 is 9.53 Å².